The smallest absolute Gasteiger partial charge is 0.223 e. The van der Waals surface area contributed by atoms with Gasteiger partial charge in [-0.15, -0.1) is 0 Å². The van der Waals surface area contributed by atoms with E-state index in [0.717, 1.165) is 0 Å². The molecule has 1 amide bonds. The first kappa shape index (κ1) is 12.8. The van der Waals surface area contributed by atoms with Gasteiger partial charge in [0, 0.05) is 12.5 Å². The monoisotopic (exact) mass is 260 g/mol. The second kappa shape index (κ2) is 4.94. The van der Waals surface area contributed by atoms with E-state index in [2.05, 4.69) is 5.32 Å². The lowest BCUT2D eigenvalue weighted by molar-refractivity contribution is -0.122. The number of hydrogen-bond acceptors (Lipinski definition) is 3. The van der Waals surface area contributed by atoms with Gasteiger partial charge in [-0.25, -0.2) is 13.6 Å². The predicted molar refractivity (Wildman–Crippen MR) is 64.5 cm³/mol. The summed E-state index contributed by atoms with van der Waals surface area (Å²) in [5.74, 6) is 1.44. The Labute approximate surface area is 102 Å². The van der Waals surface area contributed by atoms with E-state index in [4.69, 9.17) is 5.14 Å². The van der Waals surface area contributed by atoms with Crippen LogP contribution in [0.3, 0.4) is 0 Å². The molecule has 6 heteroatoms. The third-order valence-electron chi connectivity index (χ3n) is 3.86. The molecule has 0 saturated heterocycles. The summed E-state index contributed by atoms with van der Waals surface area (Å²) in [6, 6.07) is 0. The fraction of sp³-hybridized carbons (Fsp3) is 0.909. The maximum absolute atomic E-state index is 11.8. The Hall–Kier alpha value is -0.620. The summed E-state index contributed by atoms with van der Waals surface area (Å²) in [7, 11) is -3.40. The lowest BCUT2D eigenvalue weighted by Crippen LogP contribution is -2.29. The maximum atomic E-state index is 11.8. The molecular weight excluding hydrogens is 240 g/mol. The first-order chi connectivity index (χ1) is 7.99. The van der Waals surface area contributed by atoms with E-state index in [1.807, 2.05) is 0 Å². The van der Waals surface area contributed by atoms with Crippen molar-refractivity contribution in [2.75, 3.05) is 12.3 Å². The molecule has 0 aliphatic heterocycles. The number of carbonyl (C=O) groups is 1. The molecule has 2 unspecified atom stereocenters. The topological polar surface area (TPSA) is 89.3 Å². The first-order valence-corrected chi connectivity index (χ1v) is 7.99. The molecule has 2 aliphatic rings. The summed E-state index contributed by atoms with van der Waals surface area (Å²) in [5.41, 5.74) is 0. The Balaban J connectivity index is 1.65. The Bertz CT molecular complexity index is 382. The van der Waals surface area contributed by atoms with E-state index in [1.54, 1.807) is 0 Å². The van der Waals surface area contributed by atoms with Crippen LogP contribution in [0.15, 0.2) is 0 Å². The minimum Gasteiger partial charge on any atom is -0.356 e. The van der Waals surface area contributed by atoms with Gasteiger partial charge in [-0.2, -0.15) is 0 Å². The third kappa shape index (κ3) is 3.42. The zero-order valence-electron chi connectivity index (χ0n) is 9.89. The van der Waals surface area contributed by atoms with Crippen molar-refractivity contribution in [2.45, 2.75) is 32.1 Å². The van der Waals surface area contributed by atoms with Gasteiger partial charge in [-0.1, -0.05) is 12.8 Å². The maximum Gasteiger partial charge on any atom is 0.223 e. The highest BCUT2D eigenvalue weighted by Gasteiger charge is 2.54. The molecule has 2 atom stereocenters. The van der Waals surface area contributed by atoms with Gasteiger partial charge in [-0.05, 0) is 31.1 Å². The molecule has 98 valence electrons. The molecule has 2 aliphatic carbocycles. The number of primary sulfonamides is 1. The molecule has 0 aromatic heterocycles. The SMILES string of the molecule is NS(=O)(=O)CCCNC(=O)C1C2CCCCC21. The van der Waals surface area contributed by atoms with E-state index < -0.39 is 10.0 Å². The van der Waals surface area contributed by atoms with Gasteiger partial charge < -0.3 is 5.32 Å². The lowest BCUT2D eigenvalue weighted by Gasteiger charge is -2.04. The Morgan fingerprint density at radius 2 is 1.82 bits per heavy atom. The van der Waals surface area contributed by atoms with Crippen LogP contribution in [0.1, 0.15) is 32.1 Å². The van der Waals surface area contributed by atoms with Crippen LogP contribution in [-0.4, -0.2) is 26.6 Å². The highest BCUT2D eigenvalue weighted by Crippen LogP contribution is 2.55. The van der Waals surface area contributed by atoms with Crippen LogP contribution >= 0.6 is 0 Å². The molecule has 0 radical (unpaired) electrons. The normalized spacial score (nSPS) is 31.7. The van der Waals surface area contributed by atoms with Crippen LogP contribution in [0.5, 0.6) is 0 Å². The largest absolute Gasteiger partial charge is 0.356 e. The summed E-state index contributed by atoms with van der Waals surface area (Å²) < 4.78 is 21.4. The molecule has 0 aromatic carbocycles. The van der Waals surface area contributed by atoms with Gasteiger partial charge in [-0.3, -0.25) is 4.79 Å². The van der Waals surface area contributed by atoms with Crippen LogP contribution in [0, 0.1) is 17.8 Å². The number of rotatable bonds is 5. The van der Waals surface area contributed by atoms with Gasteiger partial charge >= 0.3 is 0 Å². The van der Waals surface area contributed by atoms with Gasteiger partial charge in [0.25, 0.3) is 0 Å². The van der Waals surface area contributed by atoms with Crippen molar-refractivity contribution in [3.8, 4) is 0 Å². The third-order valence-corrected chi connectivity index (χ3v) is 4.72. The minimum absolute atomic E-state index is 0.0647. The van der Waals surface area contributed by atoms with Crippen molar-refractivity contribution in [3.05, 3.63) is 0 Å². The number of hydrogen-bond donors (Lipinski definition) is 2. The van der Waals surface area contributed by atoms with Crippen LogP contribution in [-0.2, 0) is 14.8 Å². The fourth-order valence-electron chi connectivity index (χ4n) is 2.98. The Kier molecular flexibility index (Phi) is 3.73. The quantitative estimate of drug-likeness (QED) is 0.693. The molecular formula is C11H20N2O3S. The highest BCUT2D eigenvalue weighted by atomic mass is 32.2. The number of amides is 1. The van der Waals surface area contributed by atoms with Crippen molar-refractivity contribution in [3.63, 3.8) is 0 Å². The molecule has 0 bridgehead atoms. The van der Waals surface area contributed by atoms with Crippen LogP contribution in [0.4, 0.5) is 0 Å². The molecule has 2 rings (SSSR count). The number of fused-ring (bicyclic) bond motifs is 1. The van der Waals surface area contributed by atoms with Crippen LogP contribution < -0.4 is 10.5 Å². The fourth-order valence-corrected chi connectivity index (χ4v) is 3.53. The van der Waals surface area contributed by atoms with Crippen molar-refractivity contribution < 1.29 is 13.2 Å². The Morgan fingerprint density at radius 3 is 2.35 bits per heavy atom. The molecule has 17 heavy (non-hydrogen) atoms. The van der Waals surface area contributed by atoms with Gasteiger partial charge in [0.1, 0.15) is 0 Å². The summed E-state index contributed by atoms with van der Waals surface area (Å²) >= 11 is 0. The zero-order chi connectivity index (χ0) is 12.5. The predicted octanol–water partition coefficient (Wildman–Crippen LogP) is 0.217. The summed E-state index contributed by atoms with van der Waals surface area (Å²) in [5, 5.41) is 7.69. The van der Waals surface area contributed by atoms with Gasteiger partial charge in [0.2, 0.25) is 15.9 Å². The second-order valence-corrected chi connectivity index (χ2v) is 6.88. The van der Waals surface area contributed by atoms with Crippen molar-refractivity contribution in [2.24, 2.45) is 22.9 Å². The van der Waals surface area contributed by atoms with E-state index in [0.29, 0.717) is 24.8 Å². The average molecular weight is 260 g/mol. The van der Waals surface area contributed by atoms with E-state index in [9.17, 15) is 13.2 Å². The number of nitrogens with one attached hydrogen (secondary N) is 1. The number of nitrogens with two attached hydrogens (primary N) is 1. The summed E-state index contributed by atoms with van der Waals surface area (Å²) in [6.45, 7) is 0.408. The van der Waals surface area contributed by atoms with Crippen LogP contribution in [0.25, 0.3) is 0 Å². The minimum atomic E-state index is -3.40. The molecule has 2 fully saturated rings. The van der Waals surface area contributed by atoms with Crippen molar-refractivity contribution in [1.29, 1.82) is 0 Å². The van der Waals surface area contributed by atoms with Crippen LogP contribution in [0.2, 0.25) is 0 Å². The first-order valence-electron chi connectivity index (χ1n) is 6.27. The molecule has 0 heterocycles. The number of sulfonamides is 1. The summed E-state index contributed by atoms with van der Waals surface area (Å²) in [4.78, 5) is 11.8. The van der Waals surface area contributed by atoms with Crippen molar-refractivity contribution >= 4 is 15.9 Å². The second-order valence-electron chi connectivity index (χ2n) is 5.15. The molecule has 0 spiro atoms. The number of carbonyl (C=O) groups excluding carboxylic acids is 1. The lowest BCUT2D eigenvalue weighted by atomic mass is 10.0. The molecule has 2 saturated carbocycles. The van der Waals surface area contributed by atoms with Gasteiger partial charge in [0.05, 0.1) is 5.75 Å². The van der Waals surface area contributed by atoms with Crippen molar-refractivity contribution in [1.82, 2.24) is 5.32 Å². The average Bonchev–Trinajstić information content (AvgIpc) is 2.97. The molecule has 3 N–H and O–H groups in total. The summed E-state index contributed by atoms with van der Waals surface area (Å²) in [6.07, 6.45) is 5.25. The highest BCUT2D eigenvalue weighted by molar-refractivity contribution is 7.89. The standard InChI is InChI=1S/C11H20N2O3S/c12-17(15,16)7-3-6-13-11(14)10-8-4-1-2-5-9(8)10/h8-10H,1-7H2,(H,13,14)(H2,12,15,16). The zero-order valence-corrected chi connectivity index (χ0v) is 10.7. The van der Waals surface area contributed by atoms with E-state index in [1.165, 1.54) is 25.7 Å². The molecule has 5 nitrogen and oxygen atoms in total. The van der Waals surface area contributed by atoms with E-state index in [-0.39, 0.29) is 17.6 Å². The Morgan fingerprint density at radius 1 is 1.24 bits per heavy atom. The van der Waals surface area contributed by atoms with Gasteiger partial charge in [0.15, 0.2) is 0 Å². The molecule has 0 aromatic rings. The van der Waals surface area contributed by atoms with E-state index >= 15 is 0 Å².